The summed E-state index contributed by atoms with van der Waals surface area (Å²) in [5, 5.41) is 3.70. The smallest absolute Gasteiger partial charge is 0.206 e. The minimum absolute atomic E-state index is 0.218. The van der Waals surface area contributed by atoms with Crippen LogP contribution in [0.2, 0.25) is 0 Å². The third-order valence-electron chi connectivity index (χ3n) is 8.06. The number of rotatable bonds is 7. The molecular weight excluding hydrogens is 629 g/mol. The van der Waals surface area contributed by atoms with Crippen LogP contribution in [-0.4, -0.2) is 16.8 Å². The van der Waals surface area contributed by atoms with Crippen LogP contribution >= 0.6 is 0 Å². The van der Waals surface area contributed by atoms with Crippen molar-refractivity contribution < 1.29 is 16.8 Å². The maximum atomic E-state index is 13.6. The Hall–Kier alpha value is -4.69. The Kier molecular flexibility index (Phi) is 7.77. The van der Waals surface area contributed by atoms with E-state index in [1.807, 2.05) is 104 Å². The normalized spacial score (nSPS) is 12.1. The Balaban J connectivity index is 1.24. The number of hydrogen-bond donors (Lipinski definition) is 0. The van der Waals surface area contributed by atoms with Crippen molar-refractivity contribution in [2.45, 2.75) is 41.2 Å². The number of aryl methyl sites for hydroxylation is 1. The first-order valence-corrected chi connectivity index (χ1v) is 18.9. The van der Waals surface area contributed by atoms with E-state index in [0.717, 1.165) is 41.8 Å². The molecule has 0 bridgehead atoms. The summed E-state index contributed by atoms with van der Waals surface area (Å²) in [4.78, 5) is 3.82. The fraction of sp³-hybridized carbons (Fsp3) is 0.0256. The molecule has 226 valence electrons. The van der Waals surface area contributed by atoms with Crippen LogP contribution in [0, 0.1) is 6.92 Å². The number of fused-ring (bicyclic) bond motifs is 2. The molecule has 7 rings (SSSR count). The highest BCUT2D eigenvalue weighted by molar-refractivity contribution is 7.97. The lowest BCUT2D eigenvalue weighted by molar-refractivity contribution is 0.594. The lowest BCUT2D eigenvalue weighted by Crippen LogP contribution is -2.08. The molecule has 0 radical (unpaired) electrons. The molecular formula is C39H29O4S3+. The summed E-state index contributed by atoms with van der Waals surface area (Å²) in [5.74, 6) is 0. The summed E-state index contributed by atoms with van der Waals surface area (Å²) in [6.45, 7) is 2.03. The molecule has 0 fully saturated rings. The first-order valence-electron chi connectivity index (χ1n) is 14.7. The molecule has 0 saturated carbocycles. The maximum absolute atomic E-state index is 13.6. The van der Waals surface area contributed by atoms with Gasteiger partial charge in [0.05, 0.1) is 30.5 Å². The summed E-state index contributed by atoms with van der Waals surface area (Å²) in [6.07, 6.45) is 0. The van der Waals surface area contributed by atoms with Gasteiger partial charge in [0.2, 0.25) is 19.7 Å². The fourth-order valence-electron chi connectivity index (χ4n) is 5.53. The molecule has 0 aliphatic rings. The van der Waals surface area contributed by atoms with Gasteiger partial charge in [0.15, 0.2) is 14.7 Å². The van der Waals surface area contributed by atoms with Gasteiger partial charge in [-0.15, -0.1) is 0 Å². The summed E-state index contributed by atoms with van der Waals surface area (Å²) in [6, 6.07) is 48.0. The van der Waals surface area contributed by atoms with Crippen LogP contribution < -0.4 is 0 Å². The van der Waals surface area contributed by atoms with Crippen LogP contribution in [0.1, 0.15) is 5.56 Å². The Morgan fingerprint density at radius 2 is 0.696 bits per heavy atom. The SMILES string of the molecule is Cc1ccc([S+](c2ccc(S(=O)(=O)c3ccc4ccccc4c3)cc2)c2ccc(S(=O)(=O)c3ccc4ccccc4c3)cc2)cc1. The first kappa shape index (κ1) is 30.0. The van der Waals surface area contributed by atoms with E-state index in [2.05, 4.69) is 12.1 Å². The second-order valence-corrected chi connectivity index (χ2v) is 17.0. The molecule has 0 spiro atoms. The molecule has 0 aliphatic carbocycles. The van der Waals surface area contributed by atoms with Gasteiger partial charge in [-0.05, 0) is 113 Å². The topological polar surface area (TPSA) is 68.3 Å². The van der Waals surface area contributed by atoms with Gasteiger partial charge in [0.25, 0.3) is 0 Å². The fourth-order valence-corrected chi connectivity index (χ4v) is 10.2. The second-order valence-electron chi connectivity index (χ2n) is 11.1. The van der Waals surface area contributed by atoms with E-state index in [-0.39, 0.29) is 19.6 Å². The van der Waals surface area contributed by atoms with Gasteiger partial charge in [0.1, 0.15) is 0 Å². The molecule has 7 heteroatoms. The summed E-state index contributed by atoms with van der Waals surface area (Å²) in [5.41, 5.74) is 1.13. The zero-order valence-electron chi connectivity index (χ0n) is 24.9. The van der Waals surface area contributed by atoms with Crippen molar-refractivity contribution in [2.75, 3.05) is 0 Å². The second kappa shape index (κ2) is 11.9. The van der Waals surface area contributed by atoms with Crippen LogP contribution in [0.5, 0.6) is 0 Å². The molecule has 0 amide bonds. The van der Waals surface area contributed by atoms with Crippen LogP contribution in [0.3, 0.4) is 0 Å². The summed E-state index contributed by atoms with van der Waals surface area (Å²) in [7, 11) is -8.08. The number of sulfone groups is 2. The molecule has 0 unspecified atom stereocenters. The third-order valence-corrected chi connectivity index (χ3v) is 13.8. The average Bonchev–Trinajstić information content (AvgIpc) is 3.09. The largest absolute Gasteiger partial charge is 0.219 e. The Bertz CT molecular complexity index is 2280. The van der Waals surface area contributed by atoms with E-state index in [1.54, 1.807) is 48.5 Å². The van der Waals surface area contributed by atoms with E-state index in [0.29, 0.717) is 0 Å². The van der Waals surface area contributed by atoms with Crippen molar-refractivity contribution in [3.05, 3.63) is 163 Å². The Morgan fingerprint density at radius 3 is 1.09 bits per heavy atom. The zero-order valence-corrected chi connectivity index (χ0v) is 27.3. The molecule has 0 heterocycles. The van der Waals surface area contributed by atoms with Crippen molar-refractivity contribution in [2.24, 2.45) is 0 Å². The molecule has 0 aromatic heterocycles. The van der Waals surface area contributed by atoms with Crippen molar-refractivity contribution in [3.63, 3.8) is 0 Å². The standard InChI is InChI=1S/C39H29O4S3/c1-28-10-14-33(15-11-28)44(34-16-22-36(23-17-34)45(40,41)38-20-12-29-6-2-4-8-31(29)26-38)35-18-24-37(25-19-35)46(42,43)39-21-13-30-7-3-5-9-32(30)27-39/h2-27H,1H3/q+1. The van der Waals surface area contributed by atoms with Gasteiger partial charge in [-0.3, -0.25) is 0 Å². The highest BCUT2D eigenvalue weighted by Crippen LogP contribution is 2.34. The van der Waals surface area contributed by atoms with Crippen molar-refractivity contribution in [3.8, 4) is 0 Å². The van der Waals surface area contributed by atoms with Gasteiger partial charge in [-0.1, -0.05) is 78.4 Å². The molecule has 46 heavy (non-hydrogen) atoms. The van der Waals surface area contributed by atoms with E-state index in [1.165, 1.54) is 0 Å². The van der Waals surface area contributed by atoms with Gasteiger partial charge in [-0.2, -0.15) is 0 Å². The molecule has 0 atom stereocenters. The van der Waals surface area contributed by atoms with Crippen molar-refractivity contribution >= 4 is 52.1 Å². The summed E-state index contributed by atoms with van der Waals surface area (Å²) < 4.78 is 54.4. The minimum atomic E-state index is -3.73. The lowest BCUT2D eigenvalue weighted by Gasteiger charge is -2.11. The highest BCUT2D eigenvalue weighted by Gasteiger charge is 2.30. The van der Waals surface area contributed by atoms with Gasteiger partial charge in [0, 0.05) is 0 Å². The van der Waals surface area contributed by atoms with Crippen LogP contribution in [0.25, 0.3) is 21.5 Å². The Morgan fingerprint density at radius 1 is 0.370 bits per heavy atom. The van der Waals surface area contributed by atoms with E-state index in [4.69, 9.17) is 0 Å². The van der Waals surface area contributed by atoms with Crippen molar-refractivity contribution in [1.82, 2.24) is 0 Å². The van der Waals surface area contributed by atoms with Crippen LogP contribution in [-0.2, 0) is 30.6 Å². The van der Waals surface area contributed by atoms with Crippen molar-refractivity contribution in [1.29, 1.82) is 0 Å². The van der Waals surface area contributed by atoms with Gasteiger partial charge < -0.3 is 0 Å². The molecule has 4 nitrogen and oxygen atoms in total. The Labute approximate surface area is 272 Å². The predicted octanol–water partition coefficient (Wildman–Crippen LogP) is 9.06. The van der Waals surface area contributed by atoms with E-state index in [9.17, 15) is 16.8 Å². The molecule has 7 aromatic carbocycles. The summed E-state index contributed by atoms with van der Waals surface area (Å²) >= 11 is 0. The monoisotopic (exact) mass is 657 g/mol. The van der Waals surface area contributed by atoms with Crippen LogP contribution in [0.4, 0.5) is 0 Å². The lowest BCUT2D eigenvalue weighted by atomic mass is 10.1. The quantitative estimate of drug-likeness (QED) is 0.160. The third kappa shape index (κ3) is 5.62. The van der Waals surface area contributed by atoms with E-state index < -0.39 is 30.6 Å². The molecule has 0 aliphatic heterocycles. The number of benzene rings is 7. The molecule has 7 aromatic rings. The maximum Gasteiger partial charge on any atom is 0.206 e. The molecule has 0 N–H and O–H groups in total. The first-order chi connectivity index (χ1) is 22.2. The van der Waals surface area contributed by atoms with Crippen LogP contribution in [0.15, 0.2) is 192 Å². The minimum Gasteiger partial charge on any atom is -0.219 e. The van der Waals surface area contributed by atoms with Gasteiger partial charge >= 0.3 is 0 Å². The number of hydrogen-bond acceptors (Lipinski definition) is 4. The predicted molar refractivity (Wildman–Crippen MR) is 185 cm³/mol. The van der Waals surface area contributed by atoms with Gasteiger partial charge in [-0.25, -0.2) is 16.8 Å². The average molecular weight is 658 g/mol. The zero-order chi connectivity index (χ0) is 31.9. The molecule has 0 saturated heterocycles. The van der Waals surface area contributed by atoms with E-state index >= 15 is 0 Å². The highest BCUT2D eigenvalue weighted by atomic mass is 32.2.